The molecule has 0 fully saturated rings. The Bertz CT molecular complexity index is 392. The van der Waals surface area contributed by atoms with Crippen LogP contribution < -0.4 is 11.0 Å². The summed E-state index contributed by atoms with van der Waals surface area (Å²) in [5.74, 6) is 0.698. The molecule has 0 aliphatic heterocycles. The number of hydrogen-bond acceptors (Lipinski definition) is 4. The summed E-state index contributed by atoms with van der Waals surface area (Å²) in [5, 5.41) is 12.9. The topological polar surface area (TPSA) is 78.0 Å². The summed E-state index contributed by atoms with van der Waals surface area (Å²) in [7, 11) is 0. The molecule has 19 heavy (non-hydrogen) atoms. The van der Waals surface area contributed by atoms with Gasteiger partial charge in [0.2, 0.25) is 0 Å². The van der Waals surface area contributed by atoms with E-state index in [1.807, 2.05) is 0 Å². The Hall–Kier alpha value is -1.36. The molecule has 0 radical (unpaired) electrons. The highest BCUT2D eigenvalue weighted by Gasteiger charge is 2.03. The van der Waals surface area contributed by atoms with Gasteiger partial charge in [0.1, 0.15) is 5.82 Å². The number of anilines is 1. The monoisotopic (exact) mass is 267 g/mol. The Kier molecular flexibility index (Phi) is 7.89. The van der Waals surface area contributed by atoms with Gasteiger partial charge in [0.15, 0.2) is 0 Å². The van der Waals surface area contributed by atoms with Gasteiger partial charge in [-0.05, 0) is 31.7 Å². The minimum atomic E-state index is -0.337. The summed E-state index contributed by atoms with van der Waals surface area (Å²) >= 11 is 0. The van der Waals surface area contributed by atoms with Crippen LogP contribution in [-0.2, 0) is 0 Å². The molecule has 0 spiro atoms. The first-order valence-corrected chi connectivity index (χ1v) is 7.19. The second kappa shape index (κ2) is 9.55. The quantitative estimate of drug-likeness (QED) is 0.568. The van der Waals surface area contributed by atoms with E-state index in [0.717, 1.165) is 38.6 Å². The van der Waals surface area contributed by atoms with Crippen LogP contribution in [0.15, 0.2) is 17.1 Å². The molecule has 0 bridgehead atoms. The number of aliphatic hydroxyl groups is 1. The maximum atomic E-state index is 11.0. The molecule has 0 amide bonds. The smallest absolute Gasteiger partial charge is 0.346 e. The Morgan fingerprint density at radius 3 is 2.74 bits per heavy atom. The summed E-state index contributed by atoms with van der Waals surface area (Å²) in [6.07, 6.45) is 8.59. The van der Waals surface area contributed by atoms with Crippen molar-refractivity contribution in [3.05, 3.63) is 22.7 Å². The standard InChI is InChI=1S/C14H25N3O2/c1-2-3-4-7-12(18)8-5-6-10-15-13-9-11-16-14(19)17-13/h9,11-12,18H,2-8,10H2,1H3,(H2,15,16,17,19). The first-order valence-electron chi connectivity index (χ1n) is 7.19. The average Bonchev–Trinajstić information content (AvgIpc) is 2.39. The number of aromatic amines is 1. The molecular weight excluding hydrogens is 242 g/mol. The zero-order valence-corrected chi connectivity index (χ0v) is 11.7. The lowest BCUT2D eigenvalue weighted by Gasteiger charge is -2.10. The third-order valence-corrected chi connectivity index (χ3v) is 3.10. The highest BCUT2D eigenvalue weighted by Crippen LogP contribution is 2.09. The van der Waals surface area contributed by atoms with Crippen LogP contribution in [-0.4, -0.2) is 27.7 Å². The average molecular weight is 267 g/mol. The van der Waals surface area contributed by atoms with Gasteiger partial charge in [0.25, 0.3) is 0 Å². The van der Waals surface area contributed by atoms with Gasteiger partial charge in [0.05, 0.1) is 6.10 Å². The fourth-order valence-corrected chi connectivity index (χ4v) is 1.97. The second-order valence-corrected chi connectivity index (χ2v) is 4.86. The van der Waals surface area contributed by atoms with Gasteiger partial charge in [0, 0.05) is 12.7 Å². The predicted octanol–water partition coefficient (Wildman–Crippen LogP) is 2.29. The van der Waals surface area contributed by atoms with E-state index in [1.165, 1.54) is 19.0 Å². The van der Waals surface area contributed by atoms with E-state index in [1.54, 1.807) is 6.07 Å². The van der Waals surface area contributed by atoms with Crippen molar-refractivity contribution in [2.45, 2.75) is 58.0 Å². The molecule has 5 nitrogen and oxygen atoms in total. The fourth-order valence-electron chi connectivity index (χ4n) is 1.97. The van der Waals surface area contributed by atoms with Crippen molar-refractivity contribution in [3.8, 4) is 0 Å². The van der Waals surface area contributed by atoms with E-state index < -0.39 is 0 Å². The molecule has 1 unspecified atom stereocenters. The lowest BCUT2D eigenvalue weighted by atomic mass is 10.1. The third kappa shape index (κ3) is 7.62. The van der Waals surface area contributed by atoms with Crippen LogP contribution in [0, 0.1) is 0 Å². The molecule has 108 valence electrons. The number of rotatable bonds is 10. The predicted molar refractivity (Wildman–Crippen MR) is 77.3 cm³/mol. The van der Waals surface area contributed by atoms with E-state index in [4.69, 9.17) is 0 Å². The number of aromatic nitrogens is 2. The number of nitrogens with zero attached hydrogens (tertiary/aromatic N) is 1. The normalized spacial score (nSPS) is 12.3. The van der Waals surface area contributed by atoms with Crippen LogP contribution in [0.2, 0.25) is 0 Å². The summed E-state index contributed by atoms with van der Waals surface area (Å²) in [6.45, 7) is 2.96. The molecule has 0 aliphatic rings. The van der Waals surface area contributed by atoms with Gasteiger partial charge in [-0.3, -0.25) is 4.98 Å². The Morgan fingerprint density at radius 2 is 2.05 bits per heavy atom. The molecule has 0 saturated heterocycles. The summed E-state index contributed by atoms with van der Waals surface area (Å²) in [4.78, 5) is 17.1. The lowest BCUT2D eigenvalue weighted by molar-refractivity contribution is 0.148. The number of H-pyrrole nitrogens is 1. The highest BCUT2D eigenvalue weighted by atomic mass is 16.3. The van der Waals surface area contributed by atoms with E-state index in [2.05, 4.69) is 22.2 Å². The van der Waals surface area contributed by atoms with Gasteiger partial charge in [-0.2, -0.15) is 0 Å². The van der Waals surface area contributed by atoms with Crippen LogP contribution in [0.3, 0.4) is 0 Å². The van der Waals surface area contributed by atoms with Crippen molar-refractivity contribution < 1.29 is 5.11 Å². The molecule has 3 N–H and O–H groups in total. The van der Waals surface area contributed by atoms with Gasteiger partial charge < -0.3 is 10.4 Å². The zero-order valence-electron chi connectivity index (χ0n) is 11.7. The van der Waals surface area contributed by atoms with Gasteiger partial charge in [-0.25, -0.2) is 9.78 Å². The summed E-state index contributed by atoms with van der Waals surface area (Å²) in [6, 6.07) is 1.74. The number of nitrogens with one attached hydrogen (secondary N) is 2. The number of hydrogen-bond donors (Lipinski definition) is 3. The molecule has 0 aliphatic carbocycles. The minimum absolute atomic E-state index is 0.160. The van der Waals surface area contributed by atoms with E-state index in [-0.39, 0.29) is 11.8 Å². The number of aliphatic hydroxyl groups excluding tert-OH is 1. The molecule has 1 aromatic rings. The van der Waals surface area contributed by atoms with Crippen LogP contribution >= 0.6 is 0 Å². The second-order valence-electron chi connectivity index (χ2n) is 4.86. The first-order chi connectivity index (χ1) is 9.22. The molecule has 1 rings (SSSR count). The van der Waals surface area contributed by atoms with E-state index >= 15 is 0 Å². The molecule has 1 heterocycles. The lowest BCUT2D eigenvalue weighted by Crippen LogP contribution is -2.13. The Labute approximate surface area is 114 Å². The summed E-state index contributed by atoms with van der Waals surface area (Å²) in [5.41, 5.74) is -0.337. The van der Waals surface area contributed by atoms with Crippen molar-refractivity contribution in [1.29, 1.82) is 0 Å². The molecule has 5 heteroatoms. The molecular formula is C14H25N3O2. The fraction of sp³-hybridized carbons (Fsp3) is 0.714. The molecule has 1 aromatic heterocycles. The van der Waals surface area contributed by atoms with E-state index in [9.17, 15) is 9.90 Å². The number of unbranched alkanes of at least 4 members (excludes halogenated alkanes) is 3. The zero-order chi connectivity index (χ0) is 13.9. The van der Waals surface area contributed by atoms with Gasteiger partial charge >= 0.3 is 5.69 Å². The highest BCUT2D eigenvalue weighted by molar-refractivity contribution is 5.31. The van der Waals surface area contributed by atoms with Crippen molar-refractivity contribution >= 4 is 5.82 Å². The summed E-state index contributed by atoms with van der Waals surface area (Å²) < 4.78 is 0. The van der Waals surface area contributed by atoms with Crippen LogP contribution in [0.1, 0.15) is 51.9 Å². The van der Waals surface area contributed by atoms with Crippen LogP contribution in [0.4, 0.5) is 5.82 Å². The SMILES string of the molecule is CCCCCC(O)CCCCNc1ccnc(=O)[nH]1. The molecule has 1 atom stereocenters. The molecule has 0 saturated carbocycles. The van der Waals surface area contributed by atoms with Crippen molar-refractivity contribution in [2.24, 2.45) is 0 Å². The van der Waals surface area contributed by atoms with Gasteiger partial charge in [-0.1, -0.05) is 26.2 Å². The minimum Gasteiger partial charge on any atom is -0.393 e. The Balaban J connectivity index is 2.03. The third-order valence-electron chi connectivity index (χ3n) is 3.10. The first kappa shape index (κ1) is 15.7. The van der Waals surface area contributed by atoms with Crippen molar-refractivity contribution in [2.75, 3.05) is 11.9 Å². The van der Waals surface area contributed by atoms with Crippen LogP contribution in [0.25, 0.3) is 0 Å². The Morgan fingerprint density at radius 1 is 1.32 bits per heavy atom. The maximum Gasteiger partial charge on any atom is 0.346 e. The van der Waals surface area contributed by atoms with E-state index in [0.29, 0.717) is 5.82 Å². The molecule has 0 aromatic carbocycles. The van der Waals surface area contributed by atoms with Crippen molar-refractivity contribution in [1.82, 2.24) is 9.97 Å². The van der Waals surface area contributed by atoms with Crippen molar-refractivity contribution in [3.63, 3.8) is 0 Å². The van der Waals surface area contributed by atoms with Gasteiger partial charge in [-0.15, -0.1) is 0 Å². The largest absolute Gasteiger partial charge is 0.393 e. The van der Waals surface area contributed by atoms with Crippen LogP contribution in [0.5, 0.6) is 0 Å². The maximum absolute atomic E-state index is 11.0.